The summed E-state index contributed by atoms with van der Waals surface area (Å²) in [6.45, 7) is 3.39. The van der Waals surface area contributed by atoms with E-state index in [0.717, 1.165) is 19.3 Å². The molecule has 1 rings (SSSR count). The lowest BCUT2D eigenvalue weighted by molar-refractivity contribution is -0.384. The monoisotopic (exact) mass is 435 g/mol. The van der Waals surface area contributed by atoms with Crippen molar-refractivity contribution in [3.63, 3.8) is 0 Å². The number of benzene rings is 1. The number of nitro groups is 1. The third kappa shape index (κ3) is 9.49. The average molecular weight is 436 g/mol. The minimum atomic E-state index is -1.82. The molecular weight excluding hydrogens is 398 g/mol. The summed E-state index contributed by atoms with van der Waals surface area (Å²) < 4.78 is 5.28. The number of hydrogen-bond acceptors (Lipinski definition) is 5. The van der Waals surface area contributed by atoms with E-state index < -0.39 is 22.5 Å². The normalized spacial score (nSPS) is 12.8. The van der Waals surface area contributed by atoms with Crippen molar-refractivity contribution in [2.75, 3.05) is 0 Å². The number of ether oxygens (including phenoxy) is 1. The zero-order valence-electron chi connectivity index (χ0n) is 18.9. The predicted octanol–water partition coefficient (Wildman–Crippen LogP) is 6.53. The van der Waals surface area contributed by atoms with Gasteiger partial charge in [0, 0.05) is 31.0 Å². The molecule has 31 heavy (non-hydrogen) atoms. The largest absolute Gasteiger partial charge is 0.478 e. The number of carboxylic acid groups (broad SMARTS) is 1. The van der Waals surface area contributed by atoms with Gasteiger partial charge in [-0.1, -0.05) is 77.6 Å². The Hall–Kier alpha value is -2.44. The fourth-order valence-corrected chi connectivity index (χ4v) is 3.84. The number of unbranched alkanes of at least 4 members (excludes halogenated alkanes) is 11. The minimum absolute atomic E-state index is 0.136. The second-order valence-electron chi connectivity index (χ2n) is 8.17. The number of non-ortho nitro benzene ring substituents is 1. The van der Waals surface area contributed by atoms with Gasteiger partial charge in [-0.15, -0.1) is 0 Å². The van der Waals surface area contributed by atoms with Gasteiger partial charge < -0.3 is 9.84 Å². The smallest absolute Gasteiger partial charge is 0.352 e. The number of carbonyl (C=O) groups excluding carboxylic acids is 1. The molecule has 0 amide bonds. The molecule has 7 nitrogen and oxygen atoms in total. The number of carbonyl (C=O) groups is 2. The summed E-state index contributed by atoms with van der Waals surface area (Å²) in [6, 6.07) is 5.18. The molecule has 0 saturated carbocycles. The number of nitro benzene ring substituents is 1. The third-order valence-corrected chi connectivity index (χ3v) is 5.59. The lowest BCUT2D eigenvalue weighted by Crippen LogP contribution is -2.40. The minimum Gasteiger partial charge on any atom is -0.478 e. The highest BCUT2D eigenvalue weighted by Crippen LogP contribution is 2.34. The van der Waals surface area contributed by atoms with E-state index in [1.165, 1.54) is 82.6 Å². The first-order valence-corrected chi connectivity index (χ1v) is 11.5. The molecule has 0 heterocycles. The van der Waals surface area contributed by atoms with Crippen LogP contribution in [-0.2, 0) is 19.9 Å². The summed E-state index contributed by atoms with van der Waals surface area (Å²) >= 11 is 0. The van der Waals surface area contributed by atoms with Gasteiger partial charge in [-0.25, -0.2) is 4.79 Å². The Morgan fingerprint density at radius 3 is 1.74 bits per heavy atom. The number of aliphatic carboxylic acids is 1. The fraction of sp³-hybridized carbons (Fsp3) is 0.667. The van der Waals surface area contributed by atoms with Crippen molar-refractivity contribution in [1.29, 1.82) is 0 Å². The molecule has 1 unspecified atom stereocenters. The highest BCUT2D eigenvalue weighted by molar-refractivity contribution is 5.83. The van der Waals surface area contributed by atoms with Gasteiger partial charge >= 0.3 is 11.9 Å². The summed E-state index contributed by atoms with van der Waals surface area (Å²) in [6.07, 6.45) is 13.9. The van der Waals surface area contributed by atoms with Crippen molar-refractivity contribution in [3.05, 3.63) is 39.9 Å². The quantitative estimate of drug-likeness (QED) is 0.129. The number of hydrogen-bond donors (Lipinski definition) is 1. The van der Waals surface area contributed by atoms with Gasteiger partial charge in [-0.2, -0.15) is 0 Å². The molecule has 1 N–H and O–H groups in total. The molecule has 0 aromatic heterocycles. The zero-order chi connectivity index (χ0) is 23.1. The van der Waals surface area contributed by atoms with Crippen LogP contribution in [0.15, 0.2) is 24.3 Å². The highest BCUT2D eigenvalue weighted by Gasteiger charge is 2.43. The van der Waals surface area contributed by atoms with Crippen LogP contribution in [0.4, 0.5) is 5.69 Å². The molecule has 1 atom stereocenters. The Morgan fingerprint density at radius 1 is 0.903 bits per heavy atom. The fourth-order valence-electron chi connectivity index (χ4n) is 3.84. The second-order valence-corrected chi connectivity index (χ2v) is 8.17. The Morgan fingerprint density at radius 2 is 1.35 bits per heavy atom. The van der Waals surface area contributed by atoms with Gasteiger partial charge in [-0.05, 0) is 18.6 Å². The number of esters is 1. The van der Waals surface area contributed by atoms with Crippen LogP contribution < -0.4 is 0 Å². The maximum atomic E-state index is 12.1. The Labute approximate surface area is 185 Å². The summed E-state index contributed by atoms with van der Waals surface area (Å²) in [5.41, 5.74) is -1.72. The van der Waals surface area contributed by atoms with Crippen molar-refractivity contribution >= 4 is 17.6 Å². The maximum absolute atomic E-state index is 12.1. The van der Waals surface area contributed by atoms with E-state index in [-0.39, 0.29) is 17.7 Å². The summed E-state index contributed by atoms with van der Waals surface area (Å²) in [5.74, 6) is -1.96. The van der Waals surface area contributed by atoms with Crippen LogP contribution in [0.25, 0.3) is 0 Å². The molecule has 0 aliphatic carbocycles. The molecule has 0 radical (unpaired) electrons. The van der Waals surface area contributed by atoms with Crippen molar-refractivity contribution in [1.82, 2.24) is 0 Å². The Bertz CT molecular complexity index is 688. The highest BCUT2D eigenvalue weighted by atomic mass is 16.6. The van der Waals surface area contributed by atoms with Gasteiger partial charge in [-0.3, -0.25) is 14.9 Å². The lowest BCUT2D eigenvalue weighted by atomic mass is 9.87. The van der Waals surface area contributed by atoms with E-state index in [0.29, 0.717) is 6.42 Å². The molecule has 0 aliphatic heterocycles. The molecule has 1 aromatic carbocycles. The van der Waals surface area contributed by atoms with E-state index in [2.05, 4.69) is 6.92 Å². The van der Waals surface area contributed by atoms with Gasteiger partial charge in [0.05, 0.1) is 4.92 Å². The molecule has 0 bridgehead atoms. The summed E-state index contributed by atoms with van der Waals surface area (Å²) in [5, 5.41) is 20.7. The molecule has 0 saturated heterocycles. The van der Waals surface area contributed by atoms with Crippen molar-refractivity contribution in [2.45, 2.75) is 103 Å². The lowest BCUT2D eigenvalue weighted by Gasteiger charge is -2.29. The van der Waals surface area contributed by atoms with E-state index >= 15 is 0 Å². The van der Waals surface area contributed by atoms with Crippen LogP contribution in [0.5, 0.6) is 0 Å². The van der Waals surface area contributed by atoms with Crippen LogP contribution in [0, 0.1) is 10.1 Å². The number of rotatable bonds is 17. The van der Waals surface area contributed by atoms with Crippen LogP contribution >= 0.6 is 0 Å². The van der Waals surface area contributed by atoms with Gasteiger partial charge in [0.1, 0.15) is 0 Å². The zero-order valence-corrected chi connectivity index (χ0v) is 18.9. The molecular formula is C24H37NO6. The molecule has 174 valence electrons. The Balaban J connectivity index is 2.52. The van der Waals surface area contributed by atoms with E-state index in [4.69, 9.17) is 4.74 Å². The van der Waals surface area contributed by atoms with Gasteiger partial charge in [0.2, 0.25) is 5.60 Å². The van der Waals surface area contributed by atoms with Crippen molar-refractivity contribution < 1.29 is 24.4 Å². The topological polar surface area (TPSA) is 107 Å². The van der Waals surface area contributed by atoms with E-state index in [9.17, 15) is 24.8 Å². The Kier molecular flexibility index (Phi) is 12.5. The first-order valence-electron chi connectivity index (χ1n) is 11.5. The predicted molar refractivity (Wildman–Crippen MR) is 120 cm³/mol. The summed E-state index contributed by atoms with van der Waals surface area (Å²) in [7, 11) is 0. The van der Waals surface area contributed by atoms with Crippen LogP contribution in [0.2, 0.25) is 0 Å². The number of carboxylic acids is 1. The van der Waals surface area contributed by atoms with Crippen LogP contribution in [0.3, 0.4) is 0 Å². The molecule has 0 aliphatic rings. The third-order valence-electron chi connectivity index (χ3n) is 5.59. The molecule has 1 aromatic rings. The van der Waals surface area contributed by atoms with Gasteiger partial charge in [0.15, 0.2) is 0 Å². The molecule has 0 fully saturated rings. The van der Waals surface area contributed by atoms with Crippen molar-refractivity contribution in [2.24, 2.45) is 0 Å². The maximum Gasteiger partial charge on any atom is 0.352 e. The van der Waals surface area contributed by atoms with E-state index in [1.54, 1.807) is 0 Å². The molecule has 0 spiro atoms. The van der Waals surface area contributed by atoms with E-state index in [1.807, 2.05) is 0 Å². The van der Waals surface area contributed by atoms with Crippen LogP contribution in [-0.4, -0.2) is 22.0 Å². The first-order chi connectivity index (χ1) is 14.8. The van der Waals surface area contributed by atoms with Crippen LogP contribution in [0.1, 0.15) is 103 Å². The SMILES string of the molecule is CCCCCCCCCCCCCCC(OC(C)=O)(C(=O)O)c1ccc([N+](=O)[O-])cc1. The standard InChI is InChI=1S/C24H37NO6/c1-3-4-5-6-7-8-9-10-11-12-13-14-19-24(23(27)28,31-20(2)26)21-15-17-22(18-16-21)25(29)30/h15-18H,3-14,19H2,1-2H3,(H,27,28). The summed E-state index contributed by atoms with van der Waals surface area (Å²) in [4.78, 5) is 34.1. The van der Waals surface area contributed by atoms with Crippen molar-refractivity contribution in [3.8, 4) is 0 Å². The second kappa shape index (κ2) is 14.5. The first kappa shape index (κ1) is 26.6. The number of nitrogens with zero attached hydrogens (tertiary/aromatic N) is 1. The van der Waals surface area contributed by atoms with Gasteiger partial charge in [0.25, 0.3) is 5.69 Å². The average Bonchev–Trinajstić information content (AvgIpc) is 2.73. The molecule has 7 heteroatoms.